The lowest BCUT2D eigenvalue weighted by atomic mass is 10.3. The number of oxazole rings is 1. The SMILES string of the molecule is Nc1cc2oc(=O)[nH]c2cc1Sc1nccs1. The van der Waals surface area contributed by atoms with Crippen molar-refractivity contribution in [3.63, 3.8) is 0 Å². The largest absolute Gasteiger partial charge is 0.417 e. The number of nitrogens with zero attached hydrogens (tertiary/aromatic N) is 1. The van der Waals surface area contributed by atoms with Gasteiger partial charge in [-0.05, 0) is 6.07 Å². The highest BCUT2D eigenvalue weighted by atomic mass is 32.2. The second-order valence-corrected chi connectivity index (χ2v) is 5.48. The number of hydrogen-bond acceptors (Lipinski definition) is 6. The summed E-state index contributed by atoms with van der Waals surface area (Å²) in [6.07, 6.45) is 1.74. The molecule has 17 heavy (non-hydrogen) atoms. The van der Waals surface area contributed by atoms with Crippen molar-refractivity contribution in [2.45, 2.75) is 9.24 Å². The second-order valence-electron chi connectivity index (χ2n) is 3.30. The minimum absolute atomic E-state index is 0.469. The van der Waals surface area contributed by atoms with Gasteiger partial charge in [-0.15, -0.1) is 11.3 Å². The molecule has 0 saturated heterocycles. The third-order valence-electron chi connectivity index (χ3n) is 2.16. The first-order chi connectivity index (χ1) is 8.22. The summed E-state index contributed by atoms with van der Waals surface area (Å²) in [4.78, 5) is 18.7. The summed E-state index contributed by atoms with van der Waals surface area (Å²) in [5, 5.41) is 1.90. The molecule has 0 aliphatic rings. The minimum Gasteiger partial charge on any atom is -0.408 e. The van der Waals surface area contributed by atoms with E-state index in [4.69, 9.17) is 10.2 Å². The summed E-state index contributed by atoms with van der Waals surface area (Å²) in [6.45, 7) is 0. The number of rotatable bonds is 2. The maximum atomic E-state index is 11.0. The highest BCUT2D eigenvalue weighted by Gasteiger charge is 2.09. The Hall–Kier alpha value is -1.73. The Bertz CT molecular complexity index is 715. The van der Waals surface area contributed by atoms with Gasteiger partial charge in [0.05, 0.1) is 5.52 Å². The van der Waals surface area contributed by atoms with Crippen molar-refractivity contribution < 1.29 is 4.42 Å². The molecule has 0 radical (unpaired) electrons. The Morgan fingerprint density at radius 1 is 1.47 bits per heavy atom. The Kier molecular flexibility index (Phi) is 2.41. The van der Waals surface area contributed by atoms with E-state index < -0.39 is 5.76 Å². The number of nitrogens with one attached hydrogen (secondary N) is 1. The van der Waals surface area contributed by atoms with E-state index in [0.717, 1.165) is 9.24 Å². The Balaban J connectivity index is 2.09. The molecule has 86 valence electrons. The zero-order chi connectivity index (χ0) is 11.8. The fourth-order valence-electron chi connectivity index (χ4n) is 1.44. The minimum atomic E-state index is -0.476. The molecule has 2 heterocycles. The standard InChI is InChI=1S/C10H7N3O2S2/c11-5-3-7-6(13-9(14)15-7)4-8(5)17-10-12-1-2-16-10/h1-4H,11H2,(H,13,14). The first-order valence-electron chi connectivity index (χ1n) is 4.72. The molecule has 3 rings (SSSR count). The average Bonchev–Trinajstić information content (AvgIpc) is 2.87. The van der Waals surface area contributed by atoms with Gasteiger partial charge in [0.2, 0.25) is 0 Å². The molecule has 0 atom stereocenters. The molecular weight excluding hydrogens is 258 g/mol. The highest BCUT2D eigenvalue weighted by molar-refractivity contribution is 8.01. The van der Waals surface area contributed by atoms with Crippen molar-refractivity contribution >= 4 is 39.9 Å². The van der Waals surface area contributed by atoms with E-state index in [0.29, 0.717) is 16.8 Å². The molecule has 1 aromatic carbocycles. The summed E-state index contributed by atoms with van der Waals surface area (Å²) >= 11 is 3.00. The zero-order valence-electron chi connectivity index (χ0n) is 8.47. The molecule has 5 nitrogen and oxygen atoms in total. The van der Waals surface area contributed by atoms with Crippen LogP contribution in [0.1, 0.15) is 0 Å². The molecular formula is C10H7N3O2S2. The van der Waals surface area contributed by atoms with Gasteiger partial charge in [-0.3, -0.25) is 4.98 Å². The molecule has 0 spiro atoms. The molecule has 3 aromatic rings. The Morgan fingerprint density at radius 2 is 2.35 bits per heavy atom. The number of H-pyrrole nitrogens is 1. The Morgan fingerprint density at radius 3 is 3.12 bits per heavy atom. The topological polar surface area (TPSA) is 84.9 Å². The summed E-state index contributed by atoms with van der Waals surface area (Å²) in [6, 6.07) is 3.44. The fraction of sp³-hybridized carbons (Fsp3) is 0. The van der Waals surface area contributed by atoms with Crippen LogP contribution in [0.3, 0.4) is 0 Å². The molecule has 0 saturated carbocycles. The number of hydrogen-bond donors (Lipinski definition) is 2. The number of anilines is 1. The van der Waals surface area contributed by atoms with Crippen molar-refractivity contribution in [2.24, 2.45) is 0 Å². The summed E-state index contributed by atoms with van der Waals surface area (Å²) in [5.41, 5.74) is 7.57. The number of nitrogens with two attached hydrogens (primary N) is 1. The first-order valence-corrected chi connectivity index (χ1v) is 6.42. The molecule has 0 amide bonds. The summed E-state index contributed by atoms with van der Waals surface area (Å²) in [5.74, 6) is -0.476. The van der Waals surface area contributed by atoms with Gasteiger partial charge in [-0.1, -0.05) is 11.8 Å². The van der Waals surface area contributed by atoms with E-state index in [-0.39, 0.29) is 0 Å². The summed E-state index contributed by atoms with van der Waals surface area (Å²) < 4.78 is 5.83. The van der Waals surface area contributed by atoms with Gasteiger partial charge in [0, 0.05) is 28.2 Å². The molecule has 3 N–H and O–H groups in total. The lowest BCUT2D eigenvalue weighted by molar-refractivity contribution is 0.555. The first kappa shape index (κ1) is 10.4. The lowest BCUT2D eigenvalue weighted by Crippen LogP contribution is -1.93. The van der Waals surface area contributed by atoms with Crippen LogP contribution in [0.5, 0.6) is 0 Å². The van der Waals surface area contributed by atoms with Crippen LogP contribution in [-0.4, -0.2) is 9.97 Å². The van der Waals surface area contributed by atoms with Crippen LogP contribution in [-0.2, 0) is 0 Å². The molecule has 0 aliphatic carbocycles. The highest BCUT2D eigenvalue weighted by Crippen LogP contribution is 2.35. The van der Waals surface area contributed by atoms with E-state index in [2.05, 4.69) is 9.97 Å². The van der Waals surface area contributed by atoms with Crippen molar-refractivity contribution in [2.75, 3.05) is 5.73 Å². The normalized spacial score (nSPS) is 11.1. The second kappa shape index (κ2) is 3.94. The monoisotopic (exact) mass is 265 g/mol. The number of thiazole rings is 1. The van der Waals surface area contributed by atoms with Gasteiger partial charge in [-0.25, -0.2) is 9.78 Å². The quantitative estimate of drug-likeness (QED) is 0.694. The predicted molar refractivity (Wildman–Crippen MR) is 67.5 cm³/mol. The molecule has 0 unspecified atom stereocenters. The van der Waals surface area contributed by atoms with Crippen LogP contribution in [0.25, 0.3) is 11.1 Å². The lowest BCUT2D eigenvalue weighted by Gasteiger charge is -2.02. The van der Waals surface area contributed by atoms with E-state index in [1.165, 1.54) is 23.1 Å². The van der Waals surface area contributed by atoms with E-state index in [1.54, 1.807) is 18.3 Å². The van der Waals surface area contributed by atoms with Crippen LogP contribution in [0.4, 0.5) is 5.69 Å². The van der Waals surface area contributed by atoms with Crippen molar-refractivity contribution in [1.29, 1.82) is 0 Å². The van der Waals surface area contributed by atoms with E-state index in [9.17, 15) is 4.79 Å². The van der Waals surface area contributed by atoms with Gasteiger partial charge in [0.15, 0.2) is 9.92 Å². The molecule has 0 bridgehead atoms. The van der Waals surface area contributed by atoms with Crippen LogP contribution >= 0.6 is 23.1 Å². The maximum Gasteiger partial charge on any atom is 0.417 e. The van der Waals surface area contributed by atoms with Crippen LogP contribution in [0.2, 0.25) is 0 Å². The molecule has 2 aromatic heterocycles. The fourth-order valence-corrected chi connectivity index (χ4v) is 3.08. The van der Waals surface area contributed by atoms with Gasteiger partial charge >= 0.3 is 5.76 Å². The van der Waals surface area contributed by atoms with Gasteiger partial charge < -0.3 is 10.2 Å². The maximum absolute atomic E-state index is 11.0. The van der Waals surface area contributed by atoms with Crippen LogP contribution in [0, 0.1) is 0 Å². The predicted octanol–water partition coefficient (Wildman–Crippen LogP) is 2.31. The Labute approximate surface area is 104 Å². The van der Waals surface area contributed by atoms with Crippen molar-refractivity contribution in [3.05, 3.63) is 34.3 Å². The average molecular weight is 265 g/mol. The van der Waals surface area contributed by atoms with Gasteiger partial charge in [0.25, 0.3) is 0 Å². The number of benzene rings is 1. The van der Waals surface area contributed by atoms with Gasteiger partial charge in [0.1, 0.15) is 0 Å². The van der Waals surface area contributed by atoms with Gasteiger partial charge in [-0.2, -0.15) is 0 Å². The third kappa shape index (κ3) is 1.94. The number of fused-ring (bicyclic) bond motifs is 1. The van der Waals surface area contributed by atoms with Crippen molar-refractivity contribution in [1.82, 2.24) is 9.97 Å². The number of aromatic amines is 1. The van der Waals surface area contributed by atoms with E-state index in [1.807, 2.05) is 5.38 Å². The van der Waals surface area contributed by atoms with Crippen molar-refractivity contribution in [3.8, 4) is 0 Å². The zero-order valence-corrected chi connectivity index (χ0v) is 10.1. The molecule has 7 heteroatoms. The molecule has 0 fully saturated rings. The summed E-state index contributed by atoms with van der Waals surface area (Å²) in [7, 11) is 0. The third-order valence-corrected chi connectivity index (χ3v) is 4.12. The van der Waals surface area contributed by atoms with Crippen LogP contribution in [0.15, 0.2) is 42.2 Å². The number of aromatic nitrogens is 2. The molecule has 0 aliphatic heterocycles. The van der Waals surface area contributed by atoms with Crippen LogP contribution < -0.4 is 11.5 Å². The smallest absolute Gasteiger partial charge is 0.408 e. The number of nitrogen functional groups attached to an aromatic ring is 1. The van der Waals surface area contributed by atoms with E-state index >= 15 is 0 Å².